The fourth-order valence-electron chi connectivity index (χ4n) is 2.20. The molecule has 0 spiro atoms. The molecule has 1 aromatic heterocycles. The lowest BCUT2D eigenvalue weighted by Gasteiger charge is -2.22. The summed E-state index contributed by atoms with van der Waals surface area (Å²) in [6, 6.07) is 7.49. The van der Waals surface area contributed by atoms with E-state index in [1.807, 2.05) is 36.6 Å². The van der Waals surface area contributed by atoms with Crippen LogP contribution >= 0.6 is 11.3 Å². The van der Waals surface area contributed by atoms with E-state index in [0.29, 0.717) is 13.1 Å². The predicted molar refractivity (Wildman–Crippen MR) is 94.9 cm³/mol. The molecule has 23 heavy (non-hydrogen) atoms. The standard InChI is InChI=1S/C17H23N3O2S/c1-3-4-8-20(9-10-21)17(22)19-15-7-5-6-14(11-15)16-18-13(2)12-23-16/h5-7,11-12,21H,3-4,8-10H2,1-2H3,(H,19,22). The Morgan fingerprint density at radius 2 is 2.22 bits per heavy atom. The van der Waals surface area contributed by atoms with Gasteiger partial charge in [-0.2, -0.15) is 0 Å². The average Bonchev–Trinajstić information content (AvgIpc) is 2.98. The monoisotopic (exact) mass is 333 g/mol. The molecule has 0 aliphatic carbocycles. The number of carbonyl (C=O) groups excluding carboxylic acids is 1. The fourth-order valence-corrected chi connectivity index (χ4v) is 3.00. The van der Waals surface area contributed by atoms with Crippen molar-refractivity contribution >= 4 is 23.1 Å². The number of benzene rings is 1. The first-order chi connectivity index (χ1) is 11.1. The van der Waals surface area contributed by atoms with Crippen LogP contribution in [0.4, 0.5) is 10.5 Å². The number of amides is 2. The third-order valence-electron chi connectivity index (χ3n) is 3.42. The summed E-state index contributed by atoms with van der Waals surface area (Å²) in [5, 5.41) is 15.0. The Morgan fingerprint density at radius 3 is 2.87 bits per heavy atom. The topological polar surface area (TPSA) is 65.5 Å². The number of anilines is 1. The van der Waals surface area contributed by atoms with E-state index in [9.17, 15) is 4.79 Å². The number of unbranched alkanes of at least 4 members (excludes halogenated alkanes) is 1. The van der Waals surface area contributed by atoms with Crippen LogP contribution in [0.1, 0.15) is 25.5 Å². The first kappa shape index (κ1) is 17.4. The van der Waals surface area contributed by atoms with Gasteiger partial charge in [-0.1, -0.05) is 25.5 Å². The molecular formula is C17H23N3O2S. The second-order valence-corrected chi connectivity index (χ2v) is 6.23. The highest BCUT2D eigenvalue weighted by molar-refractivity contribution is 7.13. The number of aromatic nitrogens is 1. The Balaban J connectivity index is 2.08. The first-order valence-corrected chi connectivity index (χ1v) is 8.71. The minimum Gasteiger partial charge on any atom is -0.395 e. The zero-order valence-electron chi connectivity index (χ0n) is 13.6. The molecule has 6 heteroatoms. The smallest absolute Gasteiger partial charge is 0.321 e. The quantitative estimate of drug-likeness (QED) is 0.811. The Morgan fingerprint density at radius 1 is 1.39 bits per heavy atom. The second-order valence-electron chi connectivity index (χ2n) is 5.37. The van der Waals surface area contributed by atoms with E-state index in [4.69, 9.17) is 5.11 Å². The highest BCUT2D eigenvalue weighted by Gasteiger charge is 2.13. The van der Waals surface area contributed by atoms with Gasteiger partial charge in [0.15, 0.2) is 0 Å². The van der Waals surface area contributed by atoms with E-state index < -0.39 is 0 Å². The summed E-state index contributed by atoms with van der Waals surface area (Å²) in [5.74, 6) is 0. The Kier molecular flexibility index (Phi) is 6.55. The maximum atomic E-state index is 12.4. The number of aliphatic hydroxyl groups excluding tert-OH is 1. The number of nitrogens with one attached hydrogen (secondary N) is 1. The first-order valence-electron chi connectivity index (χ1n) is 7.83. The Bertz CT molecular complexity index is 642. The zero-order chi connectivity index (χ0) is 16.7. The lowest BCUT2D eigenvalue weighted by Crippen LogP contribution is -2.37. The molecule has 2 aromatic rings. The molecular weight excluding hydrogens is 310 g/mol. The molecule has 0 fully saturated rings. The number of urea groups is 1. The van der Waals surface area contributed by atoms with Gasteiger partial charge in [0.1, 0.15) is 5.01 Å². The molecule has 5 nitrogen and oxygen atoms in total. The third kappa shape index (κ3) is 5.04. The summed E-state index contributed by atoms with van der Waals surface area (Å²) in [4.78, 5) is 18.5. The molecule has 0 saturated carbocycles. The number of nitrogens with zero attached hydrogens (tertiary/aromatic N) is 2. The highest BCUT2D eigenvalue weighted by Crippen LogP contribution is 2.25. The lowest BCUT2D eigenvalue weighted by molar-refractivity contribution is 0.187. The average molecular weight is 333 g/mol. The molecule has 0 saturated heterocycles. The minimum atomic E-state index is -0.181. The molecule has 124 valence electrons. The van der Waals surface area contributed by atoms with Crippen molar-refractivity contribution in [2.24, 2.45) is 0 Å². The van der Waals surface area contributed by atoms with Crippen molar-refractivity contribution in [1.29, 1.82) is 0 Å². The molecule has 2 amide bonds. The van der Waals surface area contributed by atoms with Gasteiger partial charge in [-0.15, -0.1) is 11.3 Å². The fraction of sp³-hybridized carbons (Fsp3) is 0.412. The molecule has 2 N–H and O–H groups in total. The van der Waals surface area contributed by atoms with Crippen molar-refractivity contribution in [3.8, 4) is 10.6 Å². The van der Waals surface area contributed by atoms with E-state index in [1.165, 1.54) is 0 Å². The van der Waals surface area contributed by atoms with Gasteiger partial charge in [0.05, 0.1) is 6.61 Å². The van der Waals surface area contributed by atoms with Crippen molar-refractivity contribution in [3.05, 3.63) is 35.3 Å². The van der Waals surface area contributed by atoms with E-state index in [2.05, 4.69) is 17.2 Å². The van der Waals surface area contributed by atoms with Crippen molar-refractivity contribution in [2.75, 3.05) is 25.0 Å². The van der Waals surface area contributed by atoms with Crippen LogP contribution in [0.2, 0.25) is 0 Å². The van der Waals surface area contributed by atoms with Crippen LogP contribution in [0.5, 0.6) is 0 Å². The largest absolute Gasteiger partial charge is 0.395 e. The molecule has 0 atom stereocenters. The van der Waals surface area contributed by atoms with E-state index in [0.717, 1.165) is 34.8 Å². The van der Waals surface area contributed by atoms with Crippen LogP contribution < -0.4 is 5.32 Å². The Hall–Kier alpha value is -1.92. The summed E-state index contributed by atoms with van der Waals surface area (Å²) in [6.45, 7) is 5.00. The van der Waals surface area contributed by atoms with Crippen LogP contribution in [0, 0.1) is 6.92 Å². The number of aryl methyl sites for hydroxylation is 1. The van der Waals surface area contributed by atoms with Crippen LogP contribution in [-0.2, 0) is 0 Å². The molecule has 0 aliphatic heterocycles. The highest BCUT2D eigenvalue weighted by atomic mass is 32.1. The number of rotatable bonds is 7. The van der Waals surface area contributed by atoms with Gasteiger partial charge in [0.2, 0.25) is 0 Å². The van der Waals surface area contributed by atoms with Gasteiger partial charge < -0.3 is 15.3 Å². The minimum absolute atomic E-state index is 0.0322. The number of carbonyl (C=O) groups is 1. The van der Waals surface area contributed by atoms with Gasteiger partial charge in [-0.25, -0.2) is 9.78 Å². The van der Waals surface area contributed by atoms with Crippen LogP contribution in [0.3, 0.4) is 0 Å². The summed E-state index contributed by atoms with van der Waals surface area (Å²) in [5.41, 5.74) is 2.72. The van der Waals surface area contributed by atoms with Crippen LogP contribution in [-0.4, -0.2) is 40.7 Å². The summed E-state index contributed by atoms with van der Waals surface area (Å²) in [6.07, 6.45) is 1.93. The maximum absolute atomic E-state index is 12.4. The van der Waals surface area contributed by atoms with Crippen molar-refractivity contribution in [3.63, 3.8) is 0 Å². The van der Waals surface area contributed by atoms with Gasteiger partial charge >= 0.3 is 6.03 Å². The lowest BCUT2D eigenvalue weighted by atomic mass is 10.2. The number of hydrogen-bond acceptors (Lipinski definition) is 4. The molecule has 1 heterocycles. The van der Waals surface area contributed by atoms with E-state index >= 15 is 0 Å². The Labute approximate surface area is 141 Å². The van der Waals surface area contributed by atoms with Crippen molar-refractivity contribution in [2.45, 2.75) is 26.7 Å². The maximum Gasteiger partial charge on any atom is 0.321 e. The number of aliphatic hydroxyl groups is 1. The number of hydrogen-bond donors (Lipinski definition) is 2. The molecule has 2 rings (SSSR count). The zero-order valence-corrected chi connectivity index (χ0v) is 14.4. The van der Waals surface area contributed by atoms with Crippen LogP contribution in [0.25, 0.3) is 10.6 Å². The van der Waals surface area contributed by atoms with Crippen molar-refractivity contribution < 1.29 is 9.90 Å². The summed E-state index contributed by atoms with van der Waals surface area (Å²) >= 11 is 1.59. The molecule has 0 radical (unpaired) electrons. The molecule has 0 unspecified atom stereocenters. The molecule has 0 aliphatic rings. The normalized spacial score (nSPS) is 10.6. The van der Waals surface area contributed by atoms with Gasteiger partial charge in [-0.05, 0) is 25.5 Å². The summed E-state index contributed by atoms with van der Waals surface area (Å²) in [7, 11) is 0. The van der Waals surface area contributed by atoms with Gasteiger partial charge in [-0.3, -0.25) is 0 Å². The van der Waals surface area contributed by atoms with Crippen molar-refractivity contribution in [1.82, 2.24) is 9.88 Å². The number of thiazole rings is 1. The molecule has 1 aromatic carbocycles. The molecule has 0 bridgehead atoms. The van der Waals surface area contributed by atoms with Crippen LogP contribution in [0.15, 0.2) is 29.6 Å². The second kappa shape index (κ2) is 8.64. The van der Waals surface area contributed by atoms with Gasteiger partial charge in [0.25, 0.3) is 0 Å². The van der Waals surface area contributed by atoms with Gasteiger partial charge in [0, 0.05) is 35.4 Å². The van der Waals surface area contributed by atoms with E-state index in [-0.39, 0.29) is 12.6 Å². The summed E-state index contributed by atoms with van der Waals surface area (Å²) < 4.78 is 0. The SMILES string of the molecule is CCCCN(CCO)C(=O)Nc1cccc(-c2nc(C)cs2)c1. The predicted octanol–water partition coefficient (Wildman–Crippen LogP) is 3.74. The third-order valence-corrected chi connectivity index (χ3v) is 4.43. The van der Waals surface area contributed by atoms with E-state index in [1.54, 1.807) is 16.2 Å².